The molecule has 1 unspecified atom stereocenters. The van der Waals surface area contributed by atoms with Crippen LogP contribution in [0.25, 0.3) is 0 Å². The first kappa shape index (κ1) is 17.1. The summed E-state index contributed by atoms with van der Waals surface area (Å²) in [5, 5.41) is 3.49. The molecule has 0 bridgehead atoms. The van der Waals surface area contributed by atoms with Gasteiger partial charge in [0.05, 0.1) is 13.2 Å². The third-order valence-corrected chi connectivity index (χ3v) is 3.96. The Kier molecular flexibility index (Phi) is 8.90. The Balaban J connectivity index is 2.22. The van der Waals surface area contributed by atoms with Gasteiger partial charge in [0.25, 0.3) is 0 Å². The van der Waals surface area contributed by atoms with Gasteiger partial charge in [0.2, 0.25) is 0 Å². The van der Waals surface area contributed by atoms with Gasteiger partial charge >= 0.3 is 0 Å². The average Bonchev–Trinajstić information content (AvgIpc) is 2.37. The van der Waals surface area contributed by atoms with Crippen molar-refractivity contribution in [3.8, 4) is 0 Å². The van der Waals surface area contributed by atoms with Crippen LogP contribution in [0.4, 0.5) is 0 Å². The molecule has 0 heterocycles. The number of ether oxygens (including phenoxy) is 2. The van der Waals surface area contributed by atoms with Crippen molar-refractivity contribution in [2.75, 3.05) is 33.5 Å². The zero-order valence-corrected chi connectivity index (χ0v) is 14.6. The normalized spacial score (nSPS) is 12.6. The first-order valence-electron chi connectivity index (χ1n) is 6.40. The Morgan fingerprint density at radius 2 is 2.00 bits per heavy atom. The Morgan fingerprint density at radius 3 is 2.68 bits per heavy atom. The van der Waals surface area contributed by atoms with E-state index < -0.39 is 0 Å². The van der Waals surface area contributed by atoms with Gasteiger partial charge in [0.1, 0.15) is 0 Å². The van der Waals surface area contributed by atoms with Gasteiger partial charge in [-0.15, -0.1) is 0 Å². The Labute approximate surface area is 132 Å². The largest absolute Gasteiger partial charge is 0.382 e. The Bertz CT molecular complexity index is 374. The fourth-order valence-electron chi connectivity index (χ4n) is 1.70. The zero-order valence-electron chi connectivity index (χ0n) is 11.4. The zero-order chi connectivity index (χ0) is 14.1. The molecule has 1 atom stereocenters. The van der Waals surface area contributed by atoms with Gasteiger partial charge in [-0.3, -0.25) is 0 Å². The molecular formula is C14H21Br2NO2. The molecule has 19 heavy (non-hydrogen) atoms. The summed E-state index contributed by atoms with van der Waals surface area (Å²) in [6.45, 7) is 5.21. The van der Waals surface area contributed by atoms with Crippen LogP contribution in [0.2, 0.25) is 0 Å². The molecule has 0 saturated heterocycles. The third-order valence-electron chi connectivity index (χ3n) is 2.78. The second-order valence-corrected chi connectivity index (χ2v) is 6.07. The fraction of sp³-hybridized carbons (Fsp3) is 0.571. The van der Waals surface area contributed by atoms with E-state index >= 15 is 0 Å². The van der Waals surface area contributed by atoms with E-state index in [2.05, 4.69) is 62.3 Å². The van der Waals surface area contributed by atoms with E-state index in [0.717, 1.165) is 28.5 Å². The monoisotopic (exact) mass is 393 g/mol. The molecule has 1 rings (SSSR count). The minimum atomic E-state index is 0.321. The van der Waals surface area contributed by atoms with Crippen molar-refractivity contribution in [2.24, 2.45) is 0 Å². The molecule has 1 aromatic carbocycles. The van der Waals surface area contributed by atoms with Gasteiger partial charge in [-0.2, -0.15) is 0 Å². The maximum absolute atomic E-state index is 5.42. The van der Waals surface area contributed by atoms with E-state index in [-0.39, 0.29) is 0 Å². The molecule has 0 aromatic heterocycles. The van der Waals surface area contributed by atoms with Gasteiger partial charge in [0, 0.05) is 28.7 Å². The molecule has 5 heteroatoms. The molecule has 1 aromatic rings. The standard InChI is InChI=1S/C14H21Br2NO2/c1-11(13-5-4-12(15)10-14(13)16)17-6-3-7-19-9-8-18-2/h4-5,10-11,17H,3,6-9H2,1-2H3. The smallest absolute Gasteiger partial charge is 0.0700 e. The Hall–Kier alpha value is 0.0600. The van der Waals surface area contributed by atoms with Crippen molar-refractivity contribution in [3.63, 3.8) is 0 Å². The van der Waals surface area contributed by atoms with Crippen LogP contribution >= 0.6 is 31.9 Å². The lowest BCUT2D eigenvalue weighted by atomic mass is 10.1. The predicted octanol–water partition coefficient (Wildman–Crippen LogP) is 3.92. The first-order chi connectivity index (χ1) is 9.15. The molecule has 0 amide bonds. The number of benzene rings is 1. The molecule has 0 spiro atoms. The molecule has 0 aliphatic carbocycles. The van der Waals surface area contributed by atoms with Crippen molar-refractivity contribution >= 4 is 31.9 Å². The molecule has 1 N–H and O–H groups in total. The summed E-state index contributed by atoms with van der Waals surface area (Å²) in [5.41, 5.74) is 1.27. The summed E-state index contributed by atoms with van der Waals surface area (Å²) in [6, 6.07) is 6.58. The topological polar surface area (TPSA) is 30.5 Å². The van der Waals surface area contributed by atoms with Crippen LogP contribution in [-0.4, -0.2) is 33.5 Å². The number of hydrogen-bond acceptors (Lipinski definition) is 3. The fourth-order valence-corrected chi connectivity index (χ4v) is 3.09. The summed E-state index contributed by atoms with van der Waals surface area (Å²) in [4.78, 5) is 0. The maximum atomic E-state index is 5.42. The summed E-state index contributed by atoms with van der Waals surface area (Å²) in [7, 11) is 1.68. The van der Waals surface area contributed by atoms with Gasteiger partial charge < -0.3 is 14.8 Å². The van der Waals surface area contributed by atoms with Crippen molar-refractivity contribution in [3.05, 3.63) is 32.7 Å². The number of hydrogen-bond donors (Lipinski definition) is 1. The summed E-state index contributed by atoms with van der Waals surface area (Å²) in [5.74, 6) is 0. The first-order valence-corrected chi connectivity index (χ1v) is 7.98. The van der Waals surface area contributed by atoms with Gasteiger partial charge in [-0.05, 0) is 37.6 Å². The second kappa shape index (κ2) is 9.88. The lowest BCUT2D eigenvalue weighted by molar-refractivity contribution is 0.0693. The number of nitrogens with one attached hydrogen (secondary N) is 1. The maximum Gasteiger partial charge on any atom is 0.0700 e. The lowest BCUT2D eigenvalue weighted by Gasteiger charge is -2.16. The molecule has 0 aliphatic heterocycles. The highest BCUT2D eigenvalue weighted by molar-refractivity contribution is 9.11. The van der Waals surface area contributed by atoms with Crippen LogP contribution in [0.3, 0.4) is 0 Å². The molecule has 0 radical (unpaired) electrons. The van der Waals surface area contributed by atoms with Crippen LogP contribution in [0.15, 0.2) is 27.1 Å². The van der Waals surface area contributed by atoms with Crippen molar-refractivity contribution in [1.82, 2.24) is 5.32 Å². The number of halogens is 2. The molecule has 108 valence electrons. The summed E-state index contributed by atoms with van der Waals surface area (Å²) < 4.78 is 12.5. The predicted molar refractivity (Wildman–Crippen MR) is 85.6 cm³/mol. The highest BCUT2D eigenvalue weighted by Crippen LogP contribution is 2.26. The van der Waals surface area contributed by atoms with E-state index in [4.69, 9.17) is 9.47 Å². The highest BCUT2D eigenvalue weighted by atomic mass is 79.9. The molecule has 0 fully saturated rings. The van der Waals surface area contributed by atoms with E-state index in [1.165, 1.54) is 5.56 Å². The lowest BCUT2D eigenvalue weighted by Crippen LogP contribution is -2.21. The number of rotatable bonds is 9. The highest BCUT2D eigenvalue weighted by Gasteiger charge is 2.08. The quantitative estimate of drug-likeness (QED) is 0.644. The summed E-state index contributed by atoms with van der Waals surface area (Å²) >= 11 is 7.05. The molecule has 0 aliphatic rings. The average molecular weight is 395 g/mol. The van der Waals surface area contributed by atoms with E-state index in [0.29, 0.717) is 19.3 Å². The molecule has 0 saturated carbocycles. The third kappa shape index (κ3) is 6.86. The Morgan fingerprint density at radius 1 is 1.21 bits per heavy atom. The van der Waals surface area contributed by atoms with Crippen molar-refractivity contribution < 1.29 is 9.47 Å². The van der Waals surface area contributed by atoms with Crippen LogP contribution in [0, 0.1) is 0 Å². The van der Waals surface area contributed by atoms with Crippen molar-refractivity contribution in [1.29, 1.82) is 0 Å². The van der Waals surface area contributed by atoms with E-state index in [1.807, 2.05) is 0 Å². The minimum Gasteiger partial charge on any atom is -0.382 e. The van der Waals surface area contributed by atoms with Crippen LogP contribution < -0.4 is 5.32 Å². The van der Waals surface area contributed by atoms with Crippen LogP contribution in [0.1, 0.15) is 24.9 Å². The minimum absolute atomic E-state index is 0.321. The van der Waals surface area contributed by atoms with Gasteiger partial charge in [-0.1, -0.05) is 37.9 Å². The van der Waals surface area contributed by atoms with Crippen LogP contribution in [-0.2, 0) is 9.47 Å². The number of methoxy groups -OCH3 is 1. The molecular weight excluding hydrogens is 374 g/mol. The van der Waals surface area contributed by atoms with E-state index in [9.17, 15) is 0 Å². The van der Waals surface area contributed by atoms with Gasteiger partial charge in [0.15, 0.2) is 0 Å². The molecule has 3 nitrogen and oxygen atoms in total. The second-order valence-electron chi connectivity index (χ2n) is 4.30. The van der Waals surface area contributed by atoms with E-state index in [1.54, 1.807) is 7.11 Å². The van der Waals surface area contributed by atoms with Crippen molar-refractivity contribution in [2.45, 2.75) is 19.4 Å². The summed E-state index contributed by atoms with van der Waals surface area (Å²) in [6.07, 6.45) is 1.00. The SMILES string of the molecule is COCCOCCCNC(C)c1ccc(Br)cc1Br. The van der Waals surface area contributed by atoms with Crippen LogP contribution in [0.5, 0.6) is 0 Å². The van der Waals surface area contributed by atoms with Gasteiger partial charge in [-0.25, -0.2) is 0 Å².